The topological polar surface area (TPSA) is 61.4 Å². The summed E-state index contributed by atoms with van der Waals surface area (Å²) in [7, 11) is 1.84. The van der Waals surface area contributed by atoms with E-state index < -0.39 is 0 Å². The molecule has 1 aliphatic heterocycles. The van der Waals surface area contributed by atoms with Crippen molar-refractivity contribution in [1.82, 2.24) is 20.2 Å². The maximum Gasteiger partial charge on any atom is 0.241 e. The standard InChI is InChI=1S/C13H21N5O/c1-3-14-7-11-8-15-13(16-9-11)18-6-4-5-17(2)12(19)10-18/h8-9,14H,3-7,10H2,1-2H3. The highest BCUT2D eigenvalue weighted by molar-refractivity contribution is 5.81. The maximum atomic E-state index is 11.8. The zero-order chi connectivity index (χ0) is 13.7. The fourth-order valence-corrected chi connectivity index (χ4v) is 2.03. The first-order valence-electron chi connectivity index (χ1n) is 6.71. The predicted octanol–water partition coefficient (Wildman–Crippen LogP) is 0.255. The molecule has 0 atom stereocenters. The number of hydrogen-bond donors (Lipinski definition) is 1. The first-order chi connectivity index (χ1) is 9.20. The van der Waals surface area contributed by atoms with E-state index in [4.69, 9.17) is 0 Å². The zero-order valence-electron chi connectivity index (χ0n) is 11.6. The number of rotatable bonds is 4. The number of carbonyl (C=O) groups is 1. The Morgan fingerprint density at radius 1 is 1.32 bits per heavy atom. The third-order valence-electron chi connectivity index (χ3n) is 3.23. The molecule has 6 nitrogen and oxygen atoms in total. The van der Waals surface area contributed by atoms with Crippen molar-refractivity contribution in [2.75, 3.05) is 38.1 Å². The summed E-state index contributed by atoms with van der Waals surface area (Å²) in [6.07, 6.45) is 4.60. The molecule has 0 bridgehead atoms. The third-order valence-corrected chi connectivity index (χ3v) is 3.23. The van der Waals surface area contributed by atoms with Crippen molar-refractivity contribution in [3.05, 3.63) is 18.0 Å². The minimum Gasteiger partial charge on any atom is -0.344 e. The molecule has 0 radical (unpaired) electrons. The molecule has 1 aliphatic rings. The van der Waals surface area contributed by atoms with Crippen LogP contribution in [-0.2, 0) is 11.3 Å². The Kier molecular flexibility index (Phi) is 4.68. The van der Waals surface area contributed by atoms with E-state index >= 15 is 0 Å². The molecule has 1 amide bonds. The maximum absolute atomic E-state index is 11.8. The van der Waals surface area contributed by atoms with Crippen molar-refractivity contribution >= 4 is 11.9 Å². The molecule has 1 aromatic heterocycles. The summed E-state index contributed by atoms with van der Waals surface area (Å²) in [5, 5.41) is 3.23. The molecule has 1 aromatic rings. The lowest BCUT2D eigenvalue weighted by Gasteiger charge is -2.19. The van der Waals surface area contributed by atoms with Gasteiger partial charge in [-0.05, 0) is 13.0 Å². The van der Waals surface area contributed by atoms with Crippen LogP contribution in [0.3, 0.4) is 0 Å². The van der Waals surface area contributed by atoms with Gasteiger partial charge in [-0.1, -0.05) is 6.92 Å². The number of aromatic nitrogens is 2. The predicted molar refractivity (Wildman–Crippen MR) is 73.9 cm³/mol. The number of nitrogens with zero attached hydrogens (tertiary/aromatic N) is 4. The van der Waals surface area contributed by atoms with Gasteiger partial charge in [0.1, 0.15) is 0 Å². The fourth-order valence-electron chi connectivity index (χ4n) is 2.03. The molecule has 1 N–H and O–H groups in total. The SMILES string of the molecule is CCNCc1cnc(N2CCCN(C)C(=O)C2)nc1. The summed E-state index contributed by atoms with van der Waals surface area (Å²) in [5.41, 5.74) is 1.06. The van der Waals surface area contributed by atoms with Crippen molar-refractivity contribution in [3.8, 4) is 0 Å². The van der Waals surface area contributed by atoms with Crippen LogP contribution in [0.2, 0.25) is 0 Å². The Morgan fingerprint density at radius 2 is 2.05 bits per heavy atom. The molecule has 0 aliphatic carbocycles. The van der Waals surface area contributed by atoms with Gasteiger partial charge in [0.2, 0.25) is 11.9 Å². The molecule has 104 valence electrons. The first kappa shape index (κ1) is 13.7. The third kappa shape index (κ3) is 3.64. The molecule has 6 heteroatoms. The van der Waals surface area contributed by atoms with Crippen LogP contribution in [-0.4, -0.2) is 54.0 Å². The van der Waals surface area contributed by atoms with Crippen molar-refractivity contribution in [3.63, 3.8) is 0 Å². The van der Waals surface area contributed by atoms with Gasteiger partial charge < -0.3 is 15.1 Å². The van der Waals surface area contributed by atoms with E-state index in [2.05, 4.69) is 22.2 Å². The number of anilines is 1. The largest absolute Gasteiger partial charge is 0.344 e. The molecular formula is C13H21N5O. The second-order valence-corrected chi connectivity index (χ2v) is 4.76. The summed E-state index contributed by atoms with van der Waals surface area (Å²) >= 11 is 0. The van der Waals surface area contributed by atoms with Crippen LogP contribution in [0.4, 0.5) is 5.95 Å². The Hall–Kier alpha value is -1.69. The van der Waals surface area contributed by atoms with Gasteiger partial charge in [0.25, 0.3) is 0 Å². The highest BCUT2D eigenvalue weighted by Crippen LogP contribution is 2.11. The minimum atomic E-state index is 0.123. The van der Waals surface area contributed by atoms with Gasteiger partial charge in [0.05, 0.1) is 6.54 Å². The highest BCUT2D eigenvalue weighted by atomic mass is 16.2. The van der Waals surface area contributed by atoms with Crippen LogP contribution in [0.25, 0.3) is 0 Å². The number of likely N-dealkylation sites (N-methyl/N-ethyl adjacent to an activating group) is 1. The zero-order valence-corrected chi connectivity index (χ0v) is 11.6. The van der Waals surface area contributed by atoms with Crippen molar-refractivity contribution in [2.24, 2.45) is 0 Å². The molecule has 0 aromatic carbocycles. The Morgan fingerprint density at radius 3 is 2.74 bits per heavy atom. The van der Waals surface area contributed by atoms with Gasteiger partial charge in [-0.2, -0.15) is 0 Å². The summed E-state index contributed by atoms with van der Waals surface area (Å²) in [6, 6.07) is 0. The monoisotopic (exact) mass is 263 g/mol. The normalized spacial score (nSPS) is 16.6. The van der Waals surface area contributed by atoms with Crippen LogP contribution >= 0.6 is 0 Å². The Bertz CT molecular complexity index is 420. The minimum absolute atomic E-state index is 0.123. The molecule has 2 rings (SSSR count). The smallest absolute Gasteiger partial charge is 0.241 e. The number of carbonyl (C=O) groups excluding carboxylic acids is 1. The van der Waals surface area contributed by atoms with Gasteiger partial charge in [0, 0.05) is 44.6 Å². The summed E-state index contributed by atoms with van der Waals surface area (Å²) in [4.78, 5) is 24.3. The summed E-state index contributed by atoms with van der Waals surface area (Å²) in [5.74, 6) is 0.765. The molecule has 2 heterocycles. The second kappa shape index (κ2) is 6.47. The van der Waals surface area contributed by atoms with E-state index in [1.807, 2.05) is 24.3 Å². The number of hydrogen-bond acceptors (Lipinski definition) is 5. The van der Waals surface area contributed by atoms with Crippen molar-refractivity contribution in [2.45, 2.75) is 19.9 Å². The van der Waals surface area contributed by atoms with E-state index in [1.54, 1.807) is 4.90 Å². The van der Waals surface area contributed by atoms with Crippen LogP contribution in [0.1, 0.15) is 18.9 Å². The Balaban J connectivity index is 2.02. The average molecular weight is 263 g/mol. The fraction of sp³-hybridized carbons (Fsp3) is 0.615. The summed E-state index contributed by atoms with van der Waals surface area (Å²) < 4.78 is 0. The van der Waals surface area contributed by atoms with Crippen LogP contribution in [0.15, 0.2) is 12.4 Å². The van der Waals surface area contributed by atoms with Gasteiger partial charge >= 0.3 is 0 Å². The van der Waals surface area contributed by atoms with E-state index in [-0.39, 0.29) is 5.91 Å². The second-order valence-electron chi connectivity index (χ2n) is 4.76. The molecule has 19 heavy (non-hydrogen) atoms. The molecule has 1 fully saturated rings. The quantitative estimate of drug-likeness (QED) is 0.844. The van der Waals surface area contributed by atoms with Gasteiger partial charge in [-0.3, -0.25) is 4.79 Å². The van der Waals surface area contributed by atoms with E-state index in [1.165, 1.54) is 0 Å². The highest BCUT2D eigenvalue weighted by Gasteiger charge is 2.20. The van der Waals surface area contributed by atoms with Crippen molar-refractivity contribution < 1.29 is 4.79 Å². The molecule has 1 saturated heterocycles. The van der Waals surface area contributed by atoms with Gasteiger partial charge in [0.15, 0.2) is 0 Å². The van der Waals surface area contributed by atoms with Gasteiger partial charge in [-0.15, -0.1) is 0 Å². The lowest BCUT2D eigenvalue weighted by molar-refractivity contribution is -0.127. The lowest BCUT2D eigenvalue weighted by atomic mass is 10.3. The molecular weight excluding hydrogens is 242 g/mol. The van der Waals surface area contributed by atoms with E-state index in [9.17, 15) is 4.79 Å². The molecule has 0 unspecified atom stereocenters. The number of nitrogens with one attached hydrogen (secondary N) is 1. The van der Waals surface area contributed by atoms with Crippen LogP contribution < -0.4 is 10.2 Å². The van der Waals surface area contributed by atoms with E-state index in [0.717, 1.165) is 38.2 Å². The molecule has 0 saturated carbocycles. The van der Waals surface area contributed by atoms with Crippen LogP contribution in [0, 0.1) is 0 Å². The van der Waals surface area contributed by atoms with E-state index in [0.29, 0.717) is 12.5 Å². The Labute approximate surface area is 113 Å². The number of amides is 1. The first-order valence-corrected chi connectivity index (χ1v) is 6.71. The van der Waals surface area contributed by atoms with Crippen LogP contribution in [0.5, 0.6) is 0 Å². The van der Waals surface area contributed by atoms with Gasteiger partial charge in [-0.25, -0.2) is 9.97 Å². The van der Waals surface area contributed by atoms with Crippen molar-refractivity contribution in [1.29, 1.82) is 0 Å². The molecule has 0 spiro atoms. The summed E-state index contributed by atoms with van der Waals surface area (Å²) in [6.45, 7) is 5.75. The lowest BCUT2D eigenvalue weighted by Crippen LogP contribution is -2.35. The average Bonchev–Trinajstić information content (AvgIpc) is 2.60.